The average Bonchev–Trinajstić information content (AvgIpc) is 3.05. The third kappa shape index (κ3) is 4.15. The zero-order chi connectivity index (χ0) is 16.9. The van der Waals surface area contributed by atoms with Gasteiger partial charge in [0.25, 0.3) is 5.91 Å². The van der Waals surface area contributed by atoms with Gasteiger partial charge < -0.3 is 10.1 Å². The molecule has 5 heteroatoms. The van der Waals surface area contributed by atoms with E-state index in [1.54, 1.807) is 18.2 Å². The Morgan fingerprint density at radius 1 is 1.08 bits per heavy atom. The van der Waals surface area contributed by atoms with Crippen molar-refractivity contribution in [1.29, 1.82) is 0 Å². The molecule has 0 unspecified atom stereocenters. The van der Waals surface area contributed by atoms with Crippen molar-refractivity contribution < 1.29 is 14.3 Å². The molecule has 2 aromatic carbocycles. The largest absolute Gasteiger partial charge is 0.452 e. The number of rotatable bonds is 5. The van der Waals surface area contributed by atoms with Crippen molar-refractivity contribution >= 4 is 23.5 Å². The van der Waals surface area contributed by atoms with Crippen LogP contribution >= 0.6 is 11.6 Å². The monoisotopic (exact) mass is 343 g/mol. The number of amides is 1. The molecule has 1 amide bonds. The highest BCUT2D eigenvalue weighted by atomic mass is 35.5. The summed E-state index contributed by atoms with van der Waals surface area (Å²) in [4.78, 5) is 23.9. The van der Waals surface area contributed by atoms with E-state index >= 15 is 0 Å². The first-order chi connectivity index (χ1) is 11.6. The van der Waals surface area contributed by atoms with E-state index < -0.39 is 5.97 Å². The van der Waals surface area contributed by atoms with Crippen LogP contribution < -0.4 is 5.32 Å². The molecule has 0 fully saturated rings. The van der Waals surface area contributed by atoms with Gasteiger partial charge in [0.2, 0.25) is 0 Å². The molecule has 2 aromatic rings. The first-order valence-electron chi connectivity index (χ1n) is 7.92. The molecule has 3 rings (SSSR count). The zero-order valence-electron chi connectivity index (χ0n) is 13.2. The third-order valence-corrected chi connectivity index (χ3v) is 4.28. The van der Waals surface area contributed by atoms with Crippen LogP contribution in [-0.4, -0.2) is 18.5 Å². The van der Waals surface area contributed by atoms with Gasteiger partial charge in [-0.3, -0.25) is 4.79 Å². The molecule has 0 spiro atoms. The third-order valence-electron chi connectivity index (χ3n) is 4.05. The zero-order valence-corrected chi connectivity index (χ0v) is 13.9. The highest BCUT2D eigenvalue weighted by Crippen LogP contribution is 2.23. The molecule has 24 heavy (non-hydrogen) atoms. The van der Waals surface area contributed by atoms with E-state index in [0.29, 0.717) is 17.1 Å². The fraction of sp³-hybridized carbons (Fsp3) is 0.263. The van der Waals surface area contributed by atoms with E-state index in [-0.39, 0.29) is 12.5 Å². The number of benzene rings is 2. The summed E-state index contributed by atoms with van der Waals surface area (Å²) in [5.74, 6) is -0.813. The number of ether oxygens (including phenoxy) is 1. The molecule has 1 N–H and O–H groups in total. The Labute approximate surface area is 145 Å². The molecule has 0 aliphatic heterocycles. The van der Waals surface area contributed by atoms with Crippen molar-refractivity contribution in [2.24, 2.45) is 0 Å². The Balaban J connectivity index is 1.48. The van der Waals surface area contributed by atoms with Crippen LogP contribution in [0.25, 0.3) is 0 Å². The van der Waals surface area contributed by atoms with Crippen molar-refractivity contribution in [3.8, 4) is 0 Å². The summed E-state index contributed by atoms with van der Waals surface area (Å²) >= 11 is 5.89. The summed E-state index contributed by atoms with van der Waals surface area (Å²) in [6.45, 7) is 0.0479. The van der Waals surface area contributed by atoms with Crippen LogP contribution in [0, 0.1) is 0 Å². The van der Waals surface area contributed by atoms with Crippen LogP contribution in [0.2, 0.25) is 5.02 Å². The Morgan fingerprint density at radius 2 is 1.92 bits per heavy atom. The van der Waals surface area contributed by atoms with Crippen molar-refractivity contribution in [1.82, 2.24) is 5.32 Å². The molecular weight excluding hydrogens is 326 g/mol. The summed E-state index contributed by atoms with van der Waals surface area (Å²) in [5.41, 5.74) is 3.89. The molecule has 124 valence electrons. The van der Waals surface area contributed by atoms with Gasteiger partial charge in [-0.2, -0.15) is 0 Å². The lowest BCUT2D eigenvalue weighted by Gasteiger charge is -2.08. The number of hydrogen-bond acceptors (Lipinski definition) is 3. The van der Waals surface area contributed by atoms with Crippen LogP contribution in [0.3, 0.4) is 0 Å². The normalized spacial score (nSPS) is 12.5. The molecule has 1 aliphatic rings. The number of esters is 1. The van der Waals surface area contributed by atoms with Crippen LogP contribution in [0.15, 0.2) is 42.5 Å². The molecular formula is C19H18ClNO3. The van der Waals surface area contributed by atoms with Gasteiger partial charge in [-0.25, -0.2) is 4.79 Å². The average molecular weight is 344 g/mol. The summed E-state index contributed by atoms with van der Waals surface area (Å²) in [5, 5.41) is 3.32. The lowest BCUT2D eigenvalue weighted by molar-refractivity contribution is -0.124. The van der Waals surface area contributed by atoms with Gasteiger partial charge in [-0.1, -0.05) is 29.8 Å². The summed E-state index contributed by atoms with van der Waals surface area (Å²) in [6.07, 6.45) is 3.19. The maximum absolute atomic E-state index is 12.0. The van der Waals surface area contributed by atoms with E-state index in [9.17, 15) is 9.59 Å². The quantitative estimate of drug-likeness (QED) is 0.847. The van der Waals surface area contributed by atoms with Crippen LogP contribution in [-0.2, 0) is 28.9 Å². The maximum atomic E-state index is 12.0. The van der Waals surface area contributed by atoms with Crippen LogP contribution in [0.1, 0.15) is 33.5 Å². The minimum absolute atomic E-state index is 0.295. The second-order valence-electron chi connectivity index (χ2n) is 5.82. The summed E-state index contributed by atoms with van der Waals surface area (Å²) in [6, 6.07) is 12.8. The summed E-state index contributed by atoms with van der Waals surface area (Å²) in [7, 11) is 0. The minimum Gasteiger partial charge on any atom is -0.452 e. The number of hydrogen-bond donors (Lipinski definition) is 1. The van der Waals surface area contributed by atoms with Gasteiger partial charge in [0.05, 0.1) is 5.56 Å². The van der Waals surface area contributed by atoms with Gasteiger partial charge in [0.1, 0.15) is 0 Å². The Kier molecular flexibility index (Phi) is 5.16. The molecule has 0 bridgehead atoms. The fourth-order valence-electron chi connectivity index (χ4n) is 2.81. The van der Waals surface area contributed by atoms with Gasteiger partial charge in [0.15, 0.2) is 6.61 Å². The van der Waals surface area contributed by atoms with Crippen LogP contribution in [0.5, 0.6) is 0 Å². The Bertz CT molecular complexity index is 773. The van der Waals surface area contributed by atoms with Gasteiger partial charge in [-0.05, 0) is 60.2 Å². The smallest absolute Gasteiger partial charge is 0.338 e. The van der Waals surface area contributed by atoms with Crippen molar-refractivity contribution in [2.75, 3.05) is 6.61 Å². The highest BCUT2D eigenvalue weighted by Gasteiger charge is 2.15. The molecule has 0 aromatic heterocycles. The van der Waals surface area contributed by atoms with Crippen molar-refractivity contribution in [3.63, 3.8) is 0 Å². The Morgan fingerprint density at radius 3 is 2.75 bits per heavy atom. The minimum atomic E-state index is -0.470. The number of halogens is 1. The molecule has 4 nitrogen and oxygen atoms in total. The first kappa shape index (κ1) is 16.5. The number of fused-ring (bicyclic) bond motifs is 1. The van der Waals surface area contributed by atoms with Crippen LogP contribution in [0.4, 0.5) is 0 Å². The highest BCUT2D eigenvalue weighted by molar-refractivity contribution is 6.30. The molecule has 0 heterocycles. The molecule has 0 atom stereocenters. The Hall–Kier alpha value is -2.33. The fourth-order valence-corrected chi connectivity index (χ4v) is 3.02. The number of carbonyl (C=O) groups is 2. The molecule has 0 radical (unpaired) electrons. The molecule has 0 saturated heterocycles. The van der Waals surface area contributed by atoms with Gasteiger partial charge in [-0.15, -0.1) is 0 Å². The topological polar surface area (TPSA) is 55.4 Å². The lowest BCUT2D eigenvalue weighted by atomic mass is 10.1. The summed E-state index contributed by atoms with van der Waals surface area (Å²) < 4.78 is 5.08. The van der Waals surface area contributed by atoms with E-state index in [0.717, 1.165) is 24.8 Å². The second kappa shape index (κ2) is 7.49. The van der Waals surface area contributed by atoms with Crippen molar-refractivity contribution in [2.45, 2.75) is 25.8 Å². The van der Waals surface area contributed by atoms with Gasteiger partial charge >= 0.3 is 5.97 Å². The van der Waals surface area contributed by atoms with Gasteiger partial charge in [0, 0.05) is 11.6 Å². The number of nitrogens with one attached hydrogen (secondary N) is 1. The predicted octanol–water partition coefficient (Wildman–Crippen LogP) is 3.30. The molecule has 1 aliphatic carbocycles. The standard InChI is InChI=1S/C19H18ClNO3/c20-17-6-1-3-13(9-17)11-21-18(22)12-24-19(23)16-8-7-14-4-2-5-15(14)10-16/h1,3,6-10H,2,4-5,11-12H2,(H,21,22). The second-order valence-corrected chi connectivity index (χ2v) is 6.26. The van der Waals surface area contributed by atoms with E-state index in [4.69, 9.17) is 16.3 Å². The molecule has 0 saturated carbocycles. The van der Waals surface area contributed by atoms with E-state index in [1.165, 1.54) is 11.1 Å². The number of aryl methyl sites for hydroxylation is 2. The van der Waals surface area contributed by atoms with E-state index in [2.05, 4.69) is 5.32 Å². The lowest BCUT2D eigenvalue weighted by Crippen LogP contribution is -2.28. The SMILES string of the molecule is O=C(COC(=O)c1ccc2c(c1)CCC2)NCc1cccc(Cl)c1. The van der Waals surface area contributed by atoms with Crippen molar-refractivity contribution in [3.05, 3.63) is 69.7 Å². The predicted molar refractivity (Wildman–Crippen MR) is 92.0 cm³/mol. The number of carbonyl (C=O) groups excluding carboxylic acids is 2. The first-order valence-corrected chi connectivity index (χ1v) is 8.30. The maximum Gasteiger partial charge on any atom is 0.338 e. The van der Waals surface area contributed by atoms with E-state index in [1.807, 2.05) is 24.3 Å².